The van der Waals surface area contributed by atoms with Crippen molar-refractivity contribution in [2.45, 2.75) is 9.37 Å². The van der Waals surface area contributed by atoms with Gasteiger partial charge in [0.2, 0.25) is 0 Å². The van der Waals surface area contributed by atoms with Crippen LogP contribution < -0.4 is 5.73 Å². The van der Waals surface area contributed by atoms with Crippen molar-refractivity contribution >= 4 is 29.1 Å². The average molecular weight is 246 g/mol. The third-order valence-corrected chi connectivity index (χ3v) is 3.14. The first-order valence-corrected chi connectivity index (χ1v) is 5.32. The first kappa shape index (κ1) is 10.2. The van der Waals surface area contributed by atoms with Crippen LogP contribution in [0.1, 0.15) is 0 Å². The van der Waals surface area contributed by atoms with E-state index in [1.54, 1.807) is 0 Å². The molecule has 0 amide bonds. The van der Waals surface area contributed by atoms with E-state index in [-0.39, 0.29) is 10.8 Å². The van der Waals surface area contributed by atoms with E-state index in [1.807, 2.05) is 0 Å². The fourth-order valence-electron chi connectivity index (χ4n) is 0.825. The number of nitrogen functional groups attached to an aromatic ring is 1. The molecule has 2 rings (SSSR count). The zero-order chi connectivity index (χ0) is 10.8. The maximum atomic E-state index is 13.2. The molecule has 78 valence electrons. The van der Waals surface area contributed by atoms with Crippen molar-refractivity contribution in [2.24, 2.45) is 0 Å². The largest absolute Gasteiger partial charge is 0.381 e. The number of anilines is 1. The zero-order valence-electron chi connectivity index (χ0n) is 7.15. The summed E-state index contributed by atoms with van der Waals surface area (Å²) in [5, 5.41) is -0.00866. The normalized spacial score (nSPS) is 10.5. The summed E-state index contributed by atoms with van der Waals surface area (Å²) in [4.78, 5) is 7.41. The number of rotatable bonds is 2. The maximum absolute atomic E-state index is 13.2. The van der Waals surface area contributed by atoms with Crippen LogP contribution in [0.4, 0.5) is 14.6 Å². The number of hydrogen-bond donors (Lipinski definition) is 1. The summed E-state index contributed by atoms with van der Waals surface area (Å²) in [7, 11) is 0. The van der Waals surface area contributed by atoms with Crippen LogP contribution in [0.15, 0.2) is 21.8 Å². The summed E-state index contributed by atoms with van der Waals surface area (Å²) in [6.07, 6.45) is 1.35. The number of aromatic nitrogens is 3. The minimum atomic E-state index is -0.867. The van der Waals surface area contributed by atoms with E-state index in [9.17, 15) is 8.78 Å². The Labute approximate surface area is 91.7 Å². The van der Waals surface area contributed by atoms with Crippen LogP contribution in [-0.4, -0.2) is 14.3 Å². The number of halogens is 2. The van der Waals surface area contributed by atoms with Gasteiger partial charge in [0, 0.05) is 6.07 Å². The Kier molecular flexibility index (Phi) is 2.78. The minimum Gasteiger partial charge on any atom is -0.381 e. The lowest BCUT2D eigenvalue weighted by Crippen LogP contribution is -1.98. The van der Waals surface area contributed by atoms with Gasteiger partial charge in [-0.05, 0) is 23.3 Å². The Morgan fingerprint density at radius 3 is 2.80 bits per heavy atom. The Hall–Kier alpha value is -1.28. The minimum absolute atomic E-state index is 0.00866. The molecule has 0 aromatic carbocycles. The highest BCUT2D eigenvalue weighted by molar-refractivity contribution is 8.00. The fourth-order valence-corrected chi connectivity index (χ4v) is 2.18. The van der Waals surface area contributed by atoms with Gasteiger partial charge in [-0.2, -0.15) is 4.37 Å². The van der Waals surface area contributed by atoms with Crippen LogP contribution >= 0.6 is 23.3 Å². The number of nitrogens with two attached hydrogens (primary N) is 1. The van der Waals surface area contributed by atoms with Crippen LogP contribution in [0.25, 0.3) is 0 Å². The second-order valence-electron chi connectivity index (χ2n) is 2.45. The molecule has 0 bridgehead atoms. The summed E-state index contributed by atoms with van der Waals surface area (Å²) in [5.74, 6) is -1.96. The Morgan fingerprint density at radius 1 is 1.33 bits per heavy atom. The molecule has 0 saturated carbocycles. The lowest BCUT2D eigenvalue weighted by Gasteiger charge is -2.01. The molecule has 0 spiro atoms. The Bertz CT molecular complexity index is 474. The van der Waals surface area contributed by atoms with E-state index in [0.717, 1.165) is 23.3 Å². The lowest BCUT2D eigenvalue weighted by molar-refractivity contribution is 0.552. The topological polar surface area (TPSA) is 64.7 Å². The van der Waals surface area contributed by atoms with Crippen LogP contribution in [0, 0.1) is 11.6 Å². The van der Waals surface area contributed by atoms with Gasteiger partial charge in [0.05, 0.1) is 0 Å². The third kappa shape index (κ3) is 2.21. The molecule has 0 aliphatic heterocycles. The molecule has 0 unspecified atom stereocenters. The van der Waals surface area contributed by atoms with Crippen LogP contribution in [0.5, 0.6) is 0 Å². The van der Waals surface area contributed by atoms with Crippen molar-refractivity contribution in [3.8, 4) is 0 Å². The summed E-state index contributed by atoms with van der Waals surface area (Å²) >= 11 is 2.05. The van der Waals surface area contributed by atoms with E-state index in [1.165, 1.54) is 6.33 Å². The van der Waals surface area contributed by atoms with E-state index in [2.05, 4.69) is 14.3 Å². The summed E-state index contributed by atoms with van der Waals surface area (Å²) < 4.78 is 30.2. The second kappa shape index (κ2) is 4.07. The number of hydrogen-bond acceptors (Lipinski definition) is 6. The van der Waals surface area contributed by atoms with Crippen LogP contribution in [0.2, 0.25) is 0 Å². The van der Waals surface area contributed by atoms with Gasteiger partial charge in [-0.3, -0.25) is 0 Å². The molecule has 15 heavy (non-hydrogen) atoms. The molecular formula is C7H4F2N4S2. The lowest BCUT2D eigenvalue weighted by atomic mass is 10.4. The number of nitrogens with zero attached hydrogens (tertiary/aromatic N) is 3. The van der Waals surface area contributed by atoms with Crippen molar-refractivity contribution in [1.82, 2.24) is 14.3 Å². The standard InChI is InChI=1S/C7H4F2N4S2/c8-3-1-4(9)6(13-5(3)10)14-7-11-2-12-15-7/h1-2H,(H2,10,13). The quantitative estimate of drug-likeness (QED) is 0.877. The second-order valence-corrected chi connectivity index (χ2v) is 4.47. The van der Waals surface area contributed by atoms with Crippen molar-refractivity contribution in [2.75, 3.05) is 5.73 Å². The predicted molar refractivity (Wildman–Crippen MR) is 52.6 cm³/mol. The van der Waals surface area contributed by atoms with Crippen molar-refractivity contribution in [1.29, 1.82) is 0 Å². The molecule has 0 saturated heterocycles. The predicted octanol–water partition coefficient (Wildman–Crippen LogP) is 1.94. The average Bonchev–Trinajstić information content (AvgIpc) is 2.67. The molecule has 4 nitrogen and oxygen atoms in total. The van der Waals surface area contributed by atoms with E-state index >= 15 is 0 Å². The molecule has 2 heterocycles. The molecule has 0 atom stereocenters. The maximum Gasteiger partial charge on any atom is 0.176 e. The Balaban J connectivity index is 2.33. The molecule has 2 aromatic heterocycles. The van der Waals surface area contributed by atoms with Gasteiger partial charge >= 0.3 is 0 Å². The molecule has 8 heteroatoms. The van der Waals surface area contributed by atoms with E-state index in [0.29, 0.717) is 10.4 Å². The van der Waals surface area contributed by atoms with Gasteiger partial charge in [0.25, 0.3) is 0 Å². The van der Waals surface area contributed by atoms with Gasteiger partial charge in [-0.15, -0.1) is 0 Å². The van der Waals surface area contributed by atoms with Crippen LogP contribution in [-0.2, 0) is 0 Å². The number of pyridine rings is 1. The van der Waals surface area contributed by atoms with Gasteiger partial charge in [0.1, 0.15) is 11.4 Å². The zero-order valence-corrected chi connectivity index (χ0v) is 8.78. The van der Waals surface area contributed by atoms with Gasteiger partial charge in [-0.25, -0.2) is 18.7 Å². The summed E-state index contributed by atoms with van der Waals surface area (Å²) in [6, 6.07) is 0.700. The van der Waals surface area contributed by atoms with Crippen LogP contribution in [0.3, 0.4) is 0 Å². The molecule has 2 N–H and O–H groups in total. The first-order valence-electron chi connectivity index (χ1n) is 3.73. The highest BCUT2D eigenvalue weighted by atomic mass is 32.2. The molecule has 0 fully saturated rings. The summed E-state index contributed by atoms with van der Waals surface area (Å²) in [5.41, 5.74) is 5.22. The van der Waals surface area contributed by atoms with Crippen molar-refractivity contribution in [3.63, 3.8) is 0 Å². The van der Waals surface area contributed by atoms with Gasteiger partial charge in [-0.1, -0.05) is 0 Å². The van der Waals surface area contributed by atoms with Gasteiger partial charge < -0.3 is 5.73 Å². The summed E-state index contributed by atoms with van der Waals surface area (Å²) in [6.45, 7) is 0. The molecular weight excluding hydrogens is 242 g/mol. The highest BCUT2D eigenvalue weighted by Gasteiger charge is 2.12. The van der Waals surface area contributed by atoms with Crippen molar-refractivity contribution < 1.29 is 8.78 Å². The molecule has 2 aromatic rings. The van der Waals surface area contributed by atoms with E-state index < -0.39 is 11.6 Å². The van der Waals surface area contributed by atoms with Gasteiger partial charge in [0.15, 0.2) is 21.8 Å². The monoisotopic (exact) mass is 246 g/mol. The third-order valence-electron chi connectivity index (χ3n) is 1.45. The SMILES string of the molecule is Nc1nc(Sc2ncns2)c(F)cc1F. The molecule has 0 aliphatic rings. The smallest absolute Gasteiger partial charge is 0.176 e. The molecule has 0 radical (unpaired) electrons. The van der Waals surface area contributed by atoms with E-state index in [4.69, 9.17) is 5.73 Å². The molecule has 0 aliphatic carbocycles. The highest BCUT2D eigenvalue weighted by Crippen LogP contribution is 2.29. The fraction of sp³-hybridized carbons (Fsp3) is 0. The first-order chi connectivity index (χ1) is 7.16. The van der Waals surface area contributed by atoms with Crippen molar-refractivity contribution in [3.05, 3.63) is 24.0 Å². The Morgan fingerprint density at radius 2 is 2.13 bits per heavy atom.